The highest BCUT2D eigenvalue weighted by Gasteiger charge is 2.52. The van der Waals surface area contributed by atoms with Gasteiger partial charge in [-0.3, -0.25) is 4.90 Å². The van der Waals surface area contributed by atoms with Crippen LogP contribution < -0.4 is 10.4 Å². The van der Waals surface area contributed by atoms with Gasteiger partial charge in [0.15, 0.2) is 6.29 Å². The van der Waals surface area contributed by atoms with Gasteiger partial charge in [-0.25, -0.2) is 0 Å². The maximum absolute atomic E-state index is 8.04. The van der Waals surface area contributed by atoms with Gasteiger partial charge in [0.25, 0.3) is 8.32 Å². The van der Waals surface area contributed by atoms with Crippen molar-refractivity contribution in [1.29, 1.82) is 0 Å². The molecule has 1 fully saturated rings. The first-order valence-corrected chi connectivity index (χ1v) is 19.4. The third kappa shape index (κ3) is 8.70. The van der Waals surface area contributed by atoms with Crippen LogP contribution in [0.25, 0.3) is 0 Å². The van der Waals surface area contributed by atoms with E-state index in [2.05, 4.69) is 147 Å². The second kappa shape index (κ2) is 16.9. The van der Waals surface area contributed by atoms with Crippen LogP contribution >= 0.6 is 0 Å². The van der Waals surface area contributed by atoms with Crippen molar-refractivity contribution in [2.75, 3.05) is 14.2 Å². The van der Waals surface area contributed by atoms with Gasteiger partial charge >= 0.3 is 0 Å². The van der Waals surface area contributed by atoms with Crippen molar-refractivity contribution >= 4 is 18.7 Å². The molecule has 0 N–H and O–H groups in total. The lowest BCUT2D eigenvalue weighted by Crippen LogP contribution is -2.68. The van der Waals surface area contributed by atoms with Crippen molar-refractivity contribution in [3.63, 3.8) is 0 Å². The molecule has 5 rings (SSSR count). The molecule has 5 heteroatoms. The Morgan fingerprint density at radius 1 is 0.638 bits per heavy atom. The van der Waals surface area contributed by atoms with Gasteiger partial charge in [0.1, 0.15) is 0 Å². The van der Waals surface area contributed by atoms with Crippen LogP contribution in [0.15, 0.2) is 121 Å². The molecule has 0 saturated heterocycles. The maximum atomic E-state index is 8.04. The second-order valence-electron chi connectivity index (χ2n) is 14.2. The Morgan fingerprint density at radius 2 is 1.06 bits per heavy atom. The van der Waals surface area contributed by atoms with Crippen molar-refractivity contribution in [1.82, 2.24) is 4.90 Å². The summed E-state index contributed by atoms with van der Waals surface area (Å²) in [6, 6.07) is 43.8. The van der Waals surface area contributed by atoms with Gasteiger partial charge in [0.05, 0.1) is 12.1 Å². The zero-order valence-corrected chi connectivity index (χ0v) is 30.2. The average molecular weight is 650 g/mol. The Morgan fingerprint density at radius 3 is 1.47 bits per heavy atom. The Kier molecular flexibility index (Phi) is 12.6. The van der Waals surface area contributed by atoms with Gasteiger partial charge in [0, 0.05) is 27.3 Å². The standard InChI is InChI=1S/C42H55NO3Si/c1-42(2,3)47(37-27-17-9-18-28-37,38-29-19-10-20-30-38)46-40(36-25-15-8-16-26-36)31-39(41(44-4)45-5)43(32-34-21-11-6-12-22-34)33-35-23-13-7-14-24-35/h6-7,9-14,17-24,27-30,36,39-41H,8,15-16,25-26,31-33H2,1-5H3/t39-,40+/m0/s1. The minimum Gasteiger partial charge on any atom is -0.404 e. The molecule has 0 heterocycles. The van der Waals surface area contributed by atoms with E-state index in [0.29, 0.717) is 5.92 Å². The molecule has 0 unspecified atom stereocenters. The highest BCUT2D eigenvalue weighted by Crippen LogP contribution is 2.41. The minimum atomic E-state index is -2.80. The molecule has 47 heavy (non-hydrogen) atoms. The monoisotopic (exact) mass is 649 g/mol. The van der Waals surface area contributed by atoms with Crippen LogP contribution in [0, 0.1) is 5.92 Å². The van der Waals surface area contributed by atoms with Gasteiger partial charge in [-0.1, -0.05) is 161 Å². The lowest BCUT2D eigenvalue weighted by Gasteiger charge is -2.48. The first-order valence-electron chi connectivity index (χ1n) is 17.5. The van der Waals surface area contributed by atoms with Crippen LogP contribution in [0.1, 0.15) is 70.4 Å². The highest BCUT2D eigenvalue weighted by atomic mass is 28.4. The molecule has 4 nitrogen and oxygen atoms in total. The number of hydrogen-bond acceptors (Lipinski definition) is 4. The fourth-order valence-corrected chi connectivity index (χ4v) is 12.5. The molecule has 2 atom stereocenters. The Hall–Kier alpha value is -3.06. The lowest BCUT2D eigenvalue weighted by molar-refractivity contribution is -0.158. The van der Waals surface area contributed by atoms with Gasteiger partial charge in [-0.2, -0.15) is 0 Å². The van der Waals surface area contributed by atoms with Crippen LogP contribution in [0.3, 0.4) is 0 Å². The predicted octanol–water partition coefficient (Wildman–Crippen LogP) is 8.59. The summed E-state index contributed by atoms with van der Waals surface area (Å²) in [6.45, 7) is 8.75. The molecule has 4 aromatic carbocycles. The van der Waals surface area contributed by atoms with Crippen LogP contribution in [-0.2, 0) is 27.0 Å². The number of ether oxygens (including phenoxy) is 2. The smallest absolute Gasteiger partial charge is 0.261 e. The Bertz CT molecular complexity index is 1350. The summed E-state index contributed by atoms with van der Waals surface area (Å²) in [5.41, 5.74) is 2.56. The van der Waals surface area contributed by atoms with Gasteiger partial charge < -0.3 is 13.9 Å². The summed E-state index contributed by atoms with van der Waals surface area (Å²) in [6.07, 6.45) is 6.65. The molecule has 4 aromatic rings. The van der Waals surface area contributed by atoms with Crippen molar-refractivity contribution in [3.8, 4) is 0 Å². The molecule has 1 aliphatic carbocycles. The van der Waals surface area contributed by atoms with E-state index in [4.69, 9.17) is 13.9 Å². The van der Waals surface area contributed by atoms with Crippen molar-refractivity contribution < 1.29 is 13.9 Å². The topological polar surface area (TPSA) is 30.9 Å². The third-order valence-electron chi connectivity index (χ3n) is 10.1. The predicted molar refractivity (Wildman–Crippen MR) is 197 cm³/mol. The quantitative estimate of drug-likeness (QED) is 0.0954. The van der Waals surface area contributed by atoms with Crippen LogP contribution in [-0.4, -0.2) is 45.9 Å². The summed E-state index contributed by atoms with van der Waals surface area (Å²) in [7, 11) is 0.760. The molecule has 0 bridgehead atoms. The molecule has 0 radical (unpaired) electrons. The third-order valence-corrected chi connectivity index (χ3v) is 15.2. The zero-order chi connectivity index (χ0) is 33.1. The van der Waals surface area contributed by atoms with E-state index >= 15 is 0 Å². The molecular formula is C42H55NO3Si. The van der Waals surface area contributed by atoms with Gasteiger partial charge in [-0.05, 0) is 51.7 Å². The summed E-state index contributed by atoms with van der Waals surface area (Å²) >= 11 is 0. The SMILES string of the molecule is COC(OC)[C@H](C[C@@H](O[Si](c1ccccc1)(c1ccccc1)C(C)(C)C)C1CCCCC1)N(Cc1ccccc1)Cc1ccccc1. The molecule has 1 aliphatic rings. The molecule has 1 saturated carbocycles. The van der Waals surface area contributed by atoms with Gasteiger partial charge in [0.2, 0.25) is 0 Å². The van der Waals surface area contributed by atoms with Gasteiger partial charge in [-0.15, -0.1) is 0 Å². The number of methoxy groups -OCH3 is 2. The molecule has 0 aromatic heterocycles. The first kappa shape index (κ1) is 35.2. The molecule has 0 aliphatic heterocycles. The number of hydrogen-bond donors (Lipinski definition) is 0. The number of rotatable bonds is 15. The molecule has 0 spiro atoms. The van der Waals surface area contributed by atoms with Crippen LogP contribution in [0.2, 0.25) is 5.04 Å². The highest BCUT2D eigenvalue weighted by molar-refractivity contribution is 6.99. The van der Waals surface area contributed by atoms with Crippen molar-refractivity contribution in [2.45, 2.75) is 95.9 Å². The van der Waals surface area contributed by atoms with Crippen LogP contribution in [0.5, 0.6) is 0 Å². The van der Waals surface area contributed by atoms with E-state index in [1.54, 1.807) is 14.2 Å². The second-order valence-corrected chi connectivity index (χ2v) is 18.5. The van der Waals surface area contributed by atoms with Crippen molar-refractivity contribution in [2.24, 2.45) is 5.92 Å². The van der Waals surface area contributed by atoms with E-state index in [-0.39, 0.29) is 17.2 Å². The average Bonchev–Trinajstić information content (AvgIpc) is 3.11. The fraction of sp³-hybridized carbons (Fsp3) is 0.429. The summed E-state index contributed by atoms with van der Waals surface area (Å²) in [5.74, 6) is 0.470. The van der Waals surface area contributed by atoms with E-state index in [1.807, 2.05) is 0 Å². The lowest BCUT2D eigenvalue weighted by atomic mass is 9.83. The van der Waals surface area contributed by atoms with Crippen molar-refractivity contribution in [3.05, 3.63) is 132 Å². The summed E-state index contributed by atoms with van der Waals surface area (Å²) < 4.78 is 20.4. The normalized spacial score (nSPS) is 16.0. The van der Waals surface area contributed by atoms with E-state index in [1.165, 1.54) is 53.6 Å². The van der Waals surface area contributed by atoms with E-state index < -0.39 is 14.6 Å². The zero-order valence-electron chi connectivity index (χ0n) is 29.2. The Balaban J connectivity index is 1.62. The fourth-order valence-electron chi connectivity index (χ4n) is 7.77. The number of benzene rings is 4. The summed E-state index contributed by atoms with van der Waals surface area (Å²) in [5, 5.41) is 2.56. The van der Waals surface area contributed by atoms with E-state index in [9.17, 15) is 0 Å². The molecule has 250 valence electrons. The Labute approximate surface area is 285 Å². The minimum absolute atomic E-state index is 0.0319. The maximum Gasteiger partial charge on any atom is 0.261 e. The molecular weight excluding hydrogens is 595 g/mol. The molecule has 0 amide bonds. The largest absolute Gasteiger partial charge is 0.404 e. The summed E-state index contributed by atoms with van der Waals surface area (Å²) in [4.78, 5) is 2.56. The first-order chi connectivity index (χ1) is 22.9. The van der Waals surface area contributed by atoms with E-state index in [0.717, 1.165) is 19.5 Å². The number of nitrogens with zero attached hydrogens (tertiary/aromatic N) is 1. The van der Waals surface area contributed by atoms with Crippen LogP contribution in [0.4, 0.5) is 0 Å².